The van der Waals surface area contributed by atoms with Crippen LogP contribution in [0.5, 0.6) is 5.75 Å². The summed E-state index contributed by atoms with van der Waals surface area (Å²) in [6.45, 7) is 5.13. The number of halogens is 1. The molecule has 1 aliphatic rings. The number of para-hydroxylation sites is 1. The fourth-order valence-corrected chi connectivity index (χ4v) is 3.54. The summed E-state index contributed by atoms with van der Waals surface area (Å²) < 4.78 is 5.47. The molecule has 1 aromatic carbocycles. The molecular formula is C21H28IN5O2. The number of nitrogens with zero attached hydrogens (tertiary/aromatic N) is 2. The Bertz CT molecular complexity index is 901. The van der Waals surface area contributed by atoms with Crippen molar-refractivity contribution in [3.8, 4) is 5.75 Å². The molecule has 1 atom stereocenters. The molecule has 2 aromatic rings. The van der Waals surface area contributed by atoms with Gasteiger partial charge in [0.25, 0.3) is 0 Å². The van der Waals surface area contributed by atoms with Crippen molar-refractivity contribution in [1.82, 2.24) is 15.6 Å². The lowest BCUT2D eigenvalue weighted by Crippen LogP contribution is -2.40. The topological polar surface area (TPSA) is 87.6 Å². The number of carbonyl (C=O) groups excluding carboxylic acids is 1. The fraction of sp³-hybridized carbons (Fsp3) is 0.381. The number of pyridine rings is 1. The van der Waals surface area contributed by atoms with Crippen molar-refractivity contribution in [3.63, 3.8) is 0 Å². The quantitative estimate of drug-likeness (QED) is 0.328. The van der Waals surface area contributed by atoms with Crippen LogP contribution in [0.3, 0.4) is 0 Å². The number of carbonyl (C=O) groups is 1. The zero-order chi connectivity index (χ0) is 20.1. The summed E-state index contributed by atoms with van der Waals surface area (Å²) >= 11 is 0. The van der Waals surface area contributed by atoms with Gasteiger partial charge in [-0.25, -0.2) is 0 Å². The second-order valence-electron chi connectivity index (χ2n) is 6.89. The van der Waals surface area contributed by atoms with E-state index in [1.807, 2.05) is 38.2 Å². The Kier molecular flexibility index (Phi) is 8.24. The average Bonchev–Trinajstić information content (AvgIpc) is 2.69. The van der Waals surface area contributed by atoms with Crippen molar-refractivity contribution in [2.24, 2.45) is 4.99 Å². The Labute approximate surface area is 188 Å². The van der Waals surface area contributed by atoms with Gasteiger partial charge in [0.05, 0.1) is 19.3 Å². The smallest absolute Gasteiger partial charge is 0.225 e. The number of aromatic nitrogens is 1. The molecule has 0 spiro atoms. The van der Waals surface area contributed by atoms with Crippen LogP contribution >= 0.6 is 24.0 Å². The number of aryl methyl sites for hydroxylation is 1. The highest BCUT2D eigenvalue weighted by Gasteiger charge is 2.24. The summed E-state index contributed by atoms with van der Waals surface area (Å²) in [6, 6.07) is 7.92. The van der Waals surface area contributed by atoms with Gasteiger partial charge in [-0.1, -0.05) is 18.2 Å². The minimum atomic E-state index is 0. The van der Waals surface area contributed by atoms with Crippen LogP contribution < -0.4 is 20.7 Å². The third kappa shape index (κ3) is 5.37. The highest BCUT2D eigenvalue weighted by atomic mass is 127. The van der Waals surface area contributed by atoms with E-state index in [0.29, 0.717) is 25.5 Å². The van der Waals surface area contributed by atoms with Gasteiger partial charge in [0.15, 0.2) is 5.96 Å². The third-order valence-corrected chi connectivity index (χ3v) is 5.02. The largest absolute Gasteiger partial charge is 0.496 e. The first-order chi connectivity index (χ1) is 13.5. The van der Waals surface area contributed by atoms with Gasteiger partial charge >= 0.3 is 0 Å². The highest BCUT2D eigenvalue weighted by molar-refractivity contribution is 14.0. The van der Waals surface area contributed by atoms with Gasteiger partial charge in [0.2, 0.25) is 5.91 Å². The van der Waals surface area contributed by atoms with Crippen LogP contribution in [0.2, 0.25) is 0 Å². The first kappa shape index (κ1) is 22.9. The van der Waals surface area contributed by atoms with Crippen molar-refractivity contribution in [2.45, 2.75) is 32.7 Å². The molecule has 1 unspecified atom stereocenters. The number of hydrogen-bond acceptors (Lipinski definition) is 4. The van der Waals surface area contributed by atoms with Gasteiger partial charge in [0.1, 0.15) is 5.75 Å². The molecule has 3 N–H and O–H groups in total. The molecule has 0 fully saturated rings. The maximum absolute atomic E-state index is 12.0. The molecule has 156 valence electrons. The van der Waals surface area contributed by atoms with Crippen LogP contribution in [0.15, 0.2) is 35.5 Å². The van der Waals surface area contributed by atoms with Crippen LogP contribution in [0.1, 0.15) is 34.7 Å². The molecule has 1 aliphatic heterocycles. The van der Waals surface area contributed by atoms with Gasteiger partial charge in [-0.3, -0.25) is 14.8 Å². The molecule has 29 heavy (non-hydrogen) atoms. The first-order valence-corrected chi connectivity index (χ1v) is 9.35. The van der Waals surface area contributed by atoms with Crippen molar-refractivity contribution in [2.75, 3.05) is 26.0 Å². The Morgan fingerprint density at radius 1 is 1.31 bits per heavy atom. The number of aliphatic imine (C=N–C) groups is 1. The van der Waals surface area contributed by atoms with E-state index in [0.717, 1.165) is 33.8 Å². The third-order valence-electron chi connectivity index (χ3n) is 5.02. The maximum Gasteiger partial charge on any atom is 0.225 e. The maximum atomic E-state index is 12.0. The summed E-state index contributed by atoms with van der Waals surface area (Å²) in [7, 11) is 3.40. The Balaban J connectivity index is 0.00000300. The number of methoxy groups -OCH3 is 1. The molecule has 0 radical (unpaired) electrons. The average molecular weight is 509 g/mol. The van der Waals surface area contributed by atoms with Gasteiger partial charge in [0, 0.05) is 48.9 Å². The van der Waals surface area contributed by atoms with Crippen molar-refractivity contribution >= 4 is 41.5 Å². The molecule has 0 bridgehead atoms. The number of rotatable bonds is 5. The number of hydrogen-bond donors (Lipinski definition) is 3. The predicted molar refractivity (Wildman–Crippen MR) is 126 cm³/mol. The molecule has 1 aromatic heterocycles. The molecular weight excluding hydrogens is 481 g/mol. The molecule has 1 amide bonds. The summed E-state index contributed by atoms with van der Waals surface area (Å²) in [5, 5.41) is 9.55. The predicted octanol–water partition coefficient (Wildman–Crippen LogP) is 3.12. The van der Waals surface area contributed by atoms with Crippen LogP contribution in [0.25, 0.3) is 0 Å². The van der Waals surface area contributed by atoms with Gasteiger partial charge in [-0.05, 0) is 25.5 Å². The minimum absolute atomic E-state index is 0. The van der Waals surface area contributed by atoms with Gasteiger partial charge < -0.3 is 20.7 Å². The van der Waals surface area contributed by atoms with E-state index in [-0.39, 0.29) is 35.8 Å². The SMILES string of the molecule is CN=C(NCc1ncc(C)c(OC)c1C)NCC1CC(=O)Nc2ccccc21.I. The van der Waals surface area contributed by atoms with Crippen molar-refractivity contribution < 1.29 is 9.53 Å². The van der Waals surface area contributed by atoms with E-state index in [1.165, 1.54) is 0 Å². The van der Waals surface area contributed by atoms with Crippen LogP contribution in [-0.4, -0.2) is 37.6 Å². The zero-order valence-corrected chi connectivity index (χ0v) is 19.5. The first-order valence-electron chi connectivity index (χ1n) is 9.35. The van der Waals surface area contributed by atoms with Crippen LogP contribution in [0.4, 0.5) is 5.69 Å². The van der Waals surface area contributed by atoms with Crippen molar-refractivity contribution in [1.29, 1.82) is 0 Å². The van der Waals surface area contributed by atoms with Crippen LogP contribution in [0, 0.1) is 13.8 Å². The Morgan fingerprint density at radius 3 is 2.79 bits per heavy atom. The number of fused-ring (bicyclic) bond motifs is 1. The molecule has 7 nitrogen and oxygen atoms in total. The molecule has 2 heterocycles. The molecule has 0 saturated carbocycles. The van der Waals surface area contributed by atoms with Gasteiger partial charge in [-0.15, -0.1) is 24.0 Å². The second kappa shape index (κ2) is 10.4. The monoisotopic (exact) mass is 509 g/mol. The summed E-state index contributed by atoms with van der Waals surface area (Å²) in [6.07, 6.45) is 2.27. The van der Waals surface area contributed by atoms with E-state index in [4.69, 9.17) is 4.74 Å². The zero-order valence-electron chi connectivity index (χ0n) is 17.2. The standard InChI is InChI=1S/C21H27N5O2.HI/c1-13-10-23-18(14(2)20(13)28-4)12-25-21(22-3)24-11-15-9-19(27)26-17-8-6-5-7-16(15)17;/h5-8,10,15H,9,11-12H2,1-4H3,(H,26,27)(H2,22,24,25);1H. The van der Waals surface area contributed by atoms with Crippen LogP contribution in [-0.2, 0) is 11.3 Å². The second-order valence-corrected chi connectivity index (χ2v) is 6.89. The lowest BCUT2D eigenvalue weighted by molar-refractivity contribution is -0.116. The normalized spacial score (nSPS) is 15.7. The van der Waals surface area contributed by atoms with E-state index >= 15 is 0 Å². The number of guanidine groups is 1. The molecule has 0 aliphatic carbocycles. The van der Waals surface area contributed by atoms with E-state index in [9.17, 15) is 4.79 Å². The lowest BCUT2D eigenvalue weighted by Gasteiger charge is -2.26. The number of ether oxygens (including phenoxy) is 1. The van der Waals surface area contributed by atoms with E-state index in [2.05, 4.69) is 32.0 Å². The highest BCUT2D eigenvalue weighted by Crippen LogP contribution is 2.31. The summed E-state index contributed by atoms with van der Waals surface area (Å²) in [5.41, 5.74) is 4.97. The van der Waals surface area contributed by atoms with Crippen molar-refractivity contribution in [3.05, 3.63) is 52.8 Å². The molecule has 3 rings (SSSR count). The molecule has 8 heteroatoms. The van der Waals surface area contributed by atoms with E-state index < -0.39 is 0 Å². The van der Waals surface area contributed by atoms with Gasteiger partial charge in [-0.2, -0.15) is 0 Å². The number of amides is 1. The Morgan fingerprint density at radius 2 is 2.07 bits per heavy atom. The minimum Gasteiger partial charge on any atom is -0.496 e. The lowest BCUT2D eigenvalue weighted by atomic mass is 9.90. The number of anilines is 1. The number of benzene rings is 1. The van der Waals surface area contributed by atoms with E-state index in [1.54, 1.807) is 14.2 Å². The molecule has 0 saturated heterocycles. The fourth-order valence-electron chi connectivity index (χ4n) is 3.54. The summed E-state index contributed by atoms with van der Waals surface area (Å²) in [5.74, 6) is 1.67. The Hall–Kier alpha value is -2.36. The summed E-state index contributed by atoms with van der Waals surface area (Å²) in [4.78, 5) is 20.8. The number of nitrogens with one attached hydrogen (secondary N) is 3.